The predicted octanol–water partition coefficient (Wildman–Crippen LogP) is 2.70. The molecule has 1 fully saturated rings. The summed E-state index contributed by atoms with van der Waals surface area (Å²) in [7, 11) is 0. The topological polar surface area (TPSA) is 307 Å². The van der Waals surface area contributed by atoms with Crippen LogP contribution in [-0.2, 0) is 84.3 Å². The van der Waals surface area contributed by atoms with Crippen LogP contribution in [0.4, 0.5) is 4.39 Å². The van der Waals surface area contributed by atoms with E-state index in [0.29, 0.717) is 57.4 Å². The maximum Gasteiger partial charge on any atom is 0.343 e. The van der Waals surface area contributed by atoms with E-state index in [1.165, 1.54) is 17.6 Å². The Morgan fingerprint density at radius 3 is 2.35 bits per heavy atom. The van der Waals surface area contributed by atoms with Gasteiger partial charge < -0.3 is 40.8 Å². The SMILES string of the molecule is CC[C@@]1(O)C(=O)OCc2c1cc1n(c2=O)Cc2c-1nc1cc(F)c(C)c3c1c2[C@@H](NC(=O)CCCNC(=O)CCC(=O)[C@H](Cc1ccccc1)NC(=O)CCC(=O)CNC(=O)[C@H](CCC(=O)O)N1C(=O)CC(C)C1=O)CC3. The summed E-state index contributed by atoms with van der Waals surface area (Å²) in [5, 5.41) is 32.1. The number of carboxylic acid groups (broad SMARTS) is 1. The van der Waals surface area contributed by atoms with Gasteiger partial charge in [-0.2, -0.15) is 0 Å². The number of amides is 6. The van der Waals surface area contributed by atoms with Crippen LogP contribution < -0.4 is 26.8 Å². The van der Waals surface area contributed by atoms with Crippen LogP contribution in [-0.4, -0.2) is 109 Å². The number of esters is 1. The summed E-state index contributed by atoms with van der Waals surface area (Å²) in [5.41, 5.74) is 2.10. The molecule has 22 heteroatoms. The number of ketones is 2. The number of halogens is 1. The number of cyclic esters (lactones) is 1. The number of Topliss-reactive ketones (excluding diaryl/α,β-unsaturated/α-hetero) is 2. The van der Waals surface area contributed by atoms with E-state index in [0.717, 1.165) is 10.5 Å². The number of likely N-dealkylation sites (tertiary alicyclic amines) is 1. The molecule has 0 spiro atoms. The van der Waals surface area contributed by atoms with Crippen molar-refractivity contribution in [3.05, 3.63) is 97.6 Å². The maximum absolute atomic E-state index is 15.4. The van der Waals surface area contributed by atoms with Crippen LogP contribution in [0.3, 0.4) is 0 Å². The number of nitrogens with one attached hydrogen (secondary N) is 4. The number of aliphatic carboxylic acids is 1. The van der Waals surface area contributed by atoms with E-state index < -0.39 is 107 Å². The van der Waals surface area contributed by atoms with E-state index in [9.17, 15) is 57.8 Å². The number of benzene rings is 2. The van der Waals surface area contributed by atoms with Gasteiger partial charge in [-0.05, 0) is 73.8 Å². The molecule has 2 aromatic carbocycles. The number of aliphatic hydroxyl groups is 1. The second kappa shape index (κ2) is 23.1. The number of carbonyl (C=O) groups is 10. The average molecular weight is 1060 g/mol. The van der Waals surface area contributed by atoms with Crippen LogP contribution in [0, 0.1) is 18.7 Å². The summed E-state index contributed by atoms with van der Waals surface area (Å²) in [6, 6.07) is 8.66. The number of ether oxygens (including phenoxy) is 1. The Morgan fingerprint density at radius 1 is 0.909 bits per heavy atom. The fraction of sp³-hybridized carbons (Fsp3) is 0.455. The molecule has 5 atom stereocenters. The smallest absolute Gasteiger partial charge is 0.343 e. The van der Waals surface area contributed by atoms with E-state index in [4.69, 9.17) is 14.8 Å². The molecule has 0 saturated carbocycles. The largest absolute Gasteiger partial charge is 0.481 e. The third-order valence-corrected chi connectivity index (χ3v) is 15.0. The van der Waals surface area contributed by atoms with Gasteiger partial charge >= 0.3 is 11.9 Å². The monoisotopic (exact) mass is 1060 g/mol. The summed E-state index contributed by atoms with van der Waals surface area (Å²) in [6.07, 6.45) is -1.09. The van der Waals surface area contributed by atoms with Gasteiger partial charge in [0.2, 0.25) is 35.4 Å². The lowest BCUT2D eigenvalue weighted by molar-refractivity contribution is -0.172. The summed E-state index contributed by atoms with van der Waals surface area (Å²) < 4.78 is 22.1. The number of hydrogen-bond donors (Lipinski definition) is 6. The number of fused-ring (bicyclic) bond motifs is 5. The van der Waals surface area contributed by atoms with Crippen LogP contribution in [0.15, 0.2) is 47.3 Å². The molecular formula is C55H60FN7O14. The van der Waals surface area contributed by atoms with E-state index in [2.05, 4.69) is 21.3 Å². The Kier molecular flexibility index (Phi) is 16.6. The molecule has 1 saturated heterocycles. The first kappa shape index (κ1) is 55.2. The molecule has 21 nitrogen and oxygen atoms in total. The third-order valence-electron chi connectivity index (χ3n) is 15.0. The minimum Gasteiger partial charge on any atom is -0.481 e. The van der Waals surface area contributed by atoms with Gasteiger partial charge in [0, 0.05) is 80.0 Å². The zero-order valence-corrected chi connectivity index (χ0v) is 42.9. The highest BCUT2D eigenvalue weighted by molar-refractivity contribution is 6.07. The zero-order chi connectivity index (χ0) is 55.5. The van der Waals surface area contributed by atoms with Crippen molar-refractivity contribution in [2.75, 3.05) is 13.1 Å². The molecule has 0 radical (unpaired) electrons. The van der Waals surface area contributed by atoms with Crippen molar-refractivity contribution in [2.45, 2.75) is 141 Å². The summed E-state index contributed by atoms with van der Waals surface area (Å²) in [5.74, 6) is -7.89. The fourth-order valence-corrected chi connectivity index (χ4v) is 10.7. The fourth-order valence-electron chi connectivity index (χ4n) is 10.7. The van der Waals surface area contributed by atoms with Gasteiger partial charge in [0.25, 0.3) is 5.56 Å². The van der Waals surface area contributed by atoms with Gasteiger partial charge in [-0.3, -0.25) is 52.8 Å². The molecule has 1 aliphatic carbocycles. The van der Waals surface area contributed by atoms with Crippen molar-refractivity contribution in [2.24, 2.45) is 5.92 Å². The van der Waals surface area contributed by atoms with Crippen molar-refractivity contribution < 1.29 is 67.3 Å². The van der Waals surface area contributed by atoms with Crippen molar-refractivity contribution in [3.8, 4) is 11.4 Å². The van der Waals surface area contributed by atoms with Crippen molar-refractivity contribution >= 4 is 69.9 Å². The Morgan fingerprint density at radius 2 is 1.65 bits per heavy atom. The quantitative estimate of drug-likeness (QED) is 0.0311. The van der Waals surface area contributed by atoms with Crippen molar-refractivity contribution in [1.29, 1.82) is 0 Å². The number of imide groups is 1. The Hall–Kier alpha value is -8.01. The molecule has 4 aromatic rings. The second-order valence-electron chi connectivity index (χ2n) is 20.1. The number of nitrogens with zero attached hydrogens (tertiary/aromatic N) is 3. The summed E-state index contributed by atoms with van der Waals surface area (Å²) in [4.78, 5) is 148. The number of pyridine rings is 2. The summed E-state index contributed by atoms with van der Waals surface area (Å²) >= 11 is 0. The van der Waals surface area contributed by atoms with E-state index in [-0.39, 0.29) is 101 Å². The van der Waals surface area contributed by atoms with Crippen LogP contribution in [0.25, 0.3) is 22.3 Å². The molecule has 406 valence electrons. The van der Waals surface area contributed by atoms with Crippen LogP contribution in [0.5, 0.6) is 0 Å². The lowest BCUT2D eigenvalue weighted by atomic mass is 9.81. The van der Waals surface area contributed by atoms with Crippen LogP contribution in [0.2, 0.25) is 0 Å². The molecule has 4 aliphatic rings. The first-order chi connectivity index (χ1) is 36.7. The van der Waals surface area contributed by atoms with Gasteiger partial charge in [0.05, 0.1) is 47.6 Å². The van der Waals surface area contributed by atoms with Gasteiger partial charge in [-0.25, -0.2) is 14.2 Å². The maximum atomic E-state index is 15.4. The van der Waals surface area contributed by atoms with Gasteiger partial charge in [0.1, 0.15) is 18.5 Å². The van der Waals surface area contributed by atoms with Gasteiger partial charge in [-0.15, -0.1) is 0 Å². The number of hydrogen-bond acceptors (Lipinski definition) is 14. The third kappa shape index (κ3) is 11.6. The number of rotatable bonds is 23. The molecule has 8 rings (SSSR count). The summed E-state index contributed by atoms with van der Waals surface area (Å²) in [6.45, 7) is 4.09. The van der Waals surface area contributed by atoms with Crippen LogP contribution in [0.1, 0.15) is 129 Å². The normalized spacial score (nSPS) is 18.9. The molecule has 0 bridgehead atoms. The van der Waals surface area contributed by atoms with Gasteiger partial charge in [-0.1, -0.05) is 44.2 Å². The molecule has 77 heavy (non-hydrogen) atoms. The number of aryl methyl sites for hydroxylation is 1. The molecule has 6 amide bonds. The van der Waals surface area contributed by atoms with E-state index in [1.807, 2.05) is 0 Å². The van der Waals surface area contributed by atoms with E-state index >= 15 is 4.39 Å². The predicted molar refractivity (Wildman–Crippen MR) is 271 cm³/mol. The standard InChI is InChI=1S/C55H60FN7O14/c1-4-55(76)35-23-41-50-33(26-62(41)53(74)34(35)27-77-54(55)75)49-37(14-13-32-29(3)36(56)24-39(61-50)48(32)49)59-44(67)11-8-20-57-43(66)18-16-42(65)38(22-30-9-6-5-7-10-30)60-45(68)17-12-31(64)25-58-51(72)40(15-19-47(70)71)63-46(69)21-28(2)52(63)73/h5-7,9-10,23-24,28,37-38,40,76H,4,8,11-22,25-27H2,1-3H3,(H,57,66)(H,58,72)(H,59,67)(H,60,68)(H,70,71)/t28?,37-,38-,40-,55-/m0/s1. The lowest BCUT2D eigenvalue weighted by Gasteiger charge is -2.31. The Balaban J connectivity index is 0.837. The average Bonchev–Trinajstić information content (AvgIpc) is 3.95. The van der Waals surface area contributed by atoms with Crippen LogP contribution >= 0.6 is 0 Å². The Labute approximate surface area is 440 Å². The van der Waals surface area contributed by atoms with Crippen molar-refractivity contribution in [1.82, 2.24) is 35.7 Å². The highest BCUT2D eigenvalue weighted by Gasteiger charge is 2.46. The minimum absolute atomic E-state index is 0.00475. The molecular weight excluding hydrogens is 1000 g/mol. The first-order valence-electron chi connectivity index (χ1n) is 25.8. The molecule has 1 unspecified atom stereocenters. The number of carbonyl (C=O) groups excluding carboxylic acids is 9. The number of aromatic nitrogens is 2. The second-order valence-corrected chi connectivity index (χ2v) is 20.1. The molecule has 6 N–H and O–H groups in total. The highest BCUT2D eigenvalue weighted by atomic mass is 19.1. The number of carboxylic acids is 1. The minimum atomic E-state index is -2.05. The highest BCUT2D eigenvalue weighted by Crippen LogP contribution is 2.46. The molecule has 2 aromatic heterocycles. The molecule has 3 aliphatic heterocycles. The van der Waals surface area contributed by atoms with Crippen molar-refractivity contribution in [3.63, 3.8) is 0 Å². The Bertz CT molecular complexity index is 3190. The van der Waals surface area contributed by atoms with E-state index in [1.54, 1.807) is 50.2 Å². The zero-order valence-electron chi connectivity index (χ0n) is 42.9. The first-order valence-corrected chi connectivity index (χ1v) is 25.8. The van der Waals surface area contributed by atoms with Gasteiger partial charge in [0.15, 0.2) is 17.2 Å². The molecule has 5 heterocycles. The lowest BCUT2D eigenvalue weighted by Crippen LogP contribution is -2.50.